The van der Waals surface area contributed by atoms with Gasteiger partial charge in [0.05, 0.1) is 6.61 Å². The van der Waals surface area contributed by atoms with Gasteiger partial charge < -0.3 is 4.74 Å². The van der Waals surface area contributed by atoms with Gasteiger partial charge in [0.1, 0.15) is 11.6 Å². The number of benzene rings is 1. The Hall–Kier alpha value is -1.35. The average Bonchev–Trinajstić information content (AvgIpc) is 3.30. The van der Waals surface area contributed by atoms with Gasteiger partial charge in [0.15, 0.2) is 0 Å². The van der Waals surface area contributed by atoms with Gasteiger partial charge in [0.2, 0.25) is 0 Å². The fourth-order valence-electron chi connectivity index (χ4n) is 3.81. The molecular formula is C19H24FNO. The number of rotatable bonds is 4. The van der Waals surface area contributed by atoms with Gasteiger partial charge in [0, 0.05) is 17.6 Å². The van der Waals surface area contributed by atoms with E-state index < -0.39 is 0 Å². The van der Waals surface area contributed by atoms with Crippen molar-refractivity contribution in [3.05, 3.63) is 35.7 Å². The van der Waals surface area contributed by atoms with E-state index in [2.05, 4.69) is 18.0 Å². The minimum absolute atomic E-state index is 0.168. The van der Waals surface area contributed by atoms with Crippen molar-refractivity contribution in [2.24, 2.45) is 5.92 Å². The summed E-state index contributed by atoms with van der Waals surface area (Å²) in [4.78, 5) is 2.48. The van der Waals surface area contributed by atoms with Crippen LogP contribution in [-0.4, -0.2) is 30.6 Å². The Morgan fingerprint density at radius 2 is 2.09 bits per heavy atom. The summed E-state index contributed by atoms with van der Waals surface area (Å²) in [5.41, 5.74) is 2.25. The predicted molar refractivity (Wildman–Crippen MR) is 86.4 cm³/mol. The van der Waals surface area contributed by atoms with Crippen molar-refractivity contribution >= 4 is 5.57 Å². The highest BCUT2D eigenvalue weighted by Gasteiger charge is 2.32. The second kappa shape index (κ2) is 5.69. The van der Waals surface area contributed by atoms with E-state index in [0.29, 0.717) is 18.0 Å². The maximum atomic E-state index is 13.8. The summed E-state index contributed by atoms with van der Waals surface area (Å²) in [6, 6.07) is 6.08. The monoisotopic (exact) mass is 301 g/mol. The molecule has 2 nitrogen and oxygen atoms in total. The molecule has 1 aliphatic carbocycles. The van der Waals surface area contributed by atoms with Crippen LogP contribution in [0.3, 0.4) is 0 Å². The van der Waals surface area contributed by atoms with Gasteiger partial charge in [0.25, 0.3) is 0 Å². The summed E-state index contributed by atoms with van der Waals surface area (Å²) >= 11 is 0. The van der Waals surface area contributed by atoms with E-state index in [1.165, 1.54) is 43.7 Å². The van der Waals surface area contributed by atoms with E-state index in [1.807, 2.05) is 6.07 Å². The number of piperidine rings is 1. The molecule has 118 valence electrons. The average molecular weight is 301 g/mol. The highest BCUT2D eigenvalue weighted by Crippen LogP contribution is 2.39. The van der Waals surface area contributed by atoms with Gasteiger partial charge in [-0.05, 0) is 68.8 Å². The van der Waals surface area contributed by atoms with Crippen LogP contribution in [0.25, 0.3) is 5.57 Å². The second-order valence-electron chi connectivity index (χ2n) is 7.11. The summed E-state index contributed by atoms with van der Waals surface area (Å²) in [6.45, 7) is 0.776. The number of fused-ring (bicyclic) bond motifs is 2. The molecule has 0 spiro atoms. The lowest BCUT2D eigenvalue weighted by Crippen LogP contribution is -2.45. The molecule has 2 unspecified atom stereocenters. The summed E-state index contributed by atoms with van der Waals surface area (Å²) < 4.78 is 19.8. The Kier molecular flexibility index (Phi) is 3.69. The number of nitrogens with zero attached hydrogens (tertiary/aromatic N) is 1. The van der Waals surface area contributed by atoms with E-state index in [-0.39, 0.29) is 5.82 Å². The van der Waals surface area contributed by atoms with Crippen molar-refractivity contribution in [1.82, 2.24) is 4.90 Å². The molecule has 1 saturated carbocycles. The first-order valence-corrected chi connectivity index (χ1v) is 8.56. The molecule has 3 heteroatoms. The zero-order chi connectivity index (χ0) is 15.1. The molecule has 2 fully saturated rings. The zero-order valence-electron chi connectivity index (χ0n) is 13.2. The van der Waals surface area contributed by atoms with E-state index >= 15 is 0 Å². The van der Waals surface area contributed by atoms with Crippen LogP contribution in [-0.2, 0) is 0 Å². The standard InChI is InChI=1S/C19H24FNO/c1-21-16-3-2-4-17(21)10-14(9-16)18-11-15(20)7-8-19(18)22-12-13-5-6-13/h7-9,11,13,16-17H,2-6,10,12H2,1H3. The second-order valence-corrected chi connectivity index (χ2v) is 7.11. The first-order chi connectivity index (χ1) is 10.7. The third kappa shape index (κ3) is 2.79. The van der Waals surface area contributed by atoms with Gasteiger partial charge >= 0.3 is 0 Å². The molecule has 0 N–H and O–H groups in total. The minimum Gasteiger partial charge on any atom is -0.493 e. The van der Waals surface area contributed by atoms with Gasteiger partial charge in [-0.15, -0.1) is 0 Å². The Bertz CT molecular complexity index is 593. The molecule has 4 rings (SSSR count). The molecule has 0 amide bonds. The normalized spacial score (nSPS) is 28.4. The van der Waals surface area contributed by atoms with Crippen molar-refractivity contribution in [3.63, 3.8) is 0 Å². The molecule has 2 bridgehead atoms. The number of ether oxygens (including phenoxy) is 1. The molecule has 2 heterocycles. The van der Waals surface area contributed by atoms with Gasteiger partial charge in [-0.3, -0.25) is 4.90 Å². The number of halogens is 1. The van der Waals surface area contributed by atoms with Crippen LogP contribution < -0.4 is 4.74 Å². The Balaban J connectivity index is 1.64. The molecule has 3 aliphatic rings. The van der Waals surface area contributed by atoms with Crippen LogP contribution in [0.1, 0.15) is 44.1 Å². The zero-order valence-corrected chi connectivity index (χ0v) is 13.2. The molecule has 1 saturated heterocycles. The SMILES string of the molecule is CN1C2C=C(c3cc(F)ccc3OCC3CC3)CC1CCC2. The summed E-state index contributed by atoms with van der Waals surface area (Å²) in [6.07, 6.45) is 9.66. The van der Waals surface area contributed by atoms with Crippen molar-refractivity contribution in [2.45, 2.75) is 50.6 Å². The van der Waals surface area contributed by atoms with Gasteiger partial charge in [-0.1, -0.05) is 12.5 Å². The maximum Gasteiger partial charge on any atom is 0.126 e. The van der Waals surface area contributed by atoms with Crippen LogP contribution in [0.5, 0.6) is 5.75 Å². The lowest BCUT2D eigenvalue weighted by atomic mass is 9.83. The third-order valence-electron chi connectivity index (χ3n) is 5.44. The summed E-state index contributed by atoms with van der Waals surface area (Å²) in [5, 5.41) is 0. The molecule has 22 heavy (non-hydrogen) atoms. The lowest BCUT2D eigenvalue weighted by molar-refractivity contribution is 0.137. The number of likely N-dealkylation sites (N-methyl/N-ethyl adjacent to an activating group) is 1. The fourth-order valence-corrected chi connectivity index (χ4v) is 3.81. The first kappa shape index (κ1) is 14.3. The predicted octanol–water partition coefficient (Wildman–Crippen LogP) is 4.25. The molecule has 2 atom stereocenters. The van der Waals surface area contributed by atoms with E-state index in [1.54, 1.807) is 6.07 Å². The molecule has 1 aromatic carbocycles. The van der Waals surface area contributed by atoms with Crippen molar-refractivity contribution < 1.29 is 9.13 Å². The topological polar surface area (TPSA) is 12.5 Å². The third-order valence-corrected chi connectivity index (χ3v) is 5.44. The molecular weight excluding hydrogens is 277 g/mol. The Morgan fingerprint density at radius 3 is 2.86 bits per heavy atom. The van der Waals surface area contributed by atoms with Crippen LogP contribution in [0.4, 0.5) is 4.39 Å². The van der Waals surface area contributed by atoms with Crippen LogP contribution in [0.15, 0.2) is 24.3 Å². The van der Waals surface area contributed by atoms with Crippen molar-refractivity contribution in [1.29, 1.82) is 0 Å². The molecule has 1 aromatic rings. The summed E-state index contributed by atoms with van der Waals surface area (Å²) in [7, 11) is 2.22. The summed E-state index contributed by atoms with van der Waals surface area (Å²) in [5.74, 6) is 1.41. The number of hydrogen-bond donors (Lipinski definition) is 0. The fraction of sp³-hybridized carbons (Fsp3) is 0.579. The number of hydrogen-bond acceptors (Lipinski definition) is 2. The highest BCUT2D eigenvalue weighted by atomic mass is 19.1. The van der Waals surface area contributed by atoms with Crippen molar-refractivity contribution in [3.8, 4) is 5.75 Å². The Morgan fingerprint density at radius 1 is 1.23 bits per heavy atom. The quantitative estimate of drug-likeness (QED) is 0.824. The van der Waals surface area contributed by atoms with E-state index in [9.17, 15) is 4.39 Å². The van der Waals surface area contributed by atoms with Crippen LogP contribution >= 0.6 is 0 Å². The molecule has 0 aromatic heterocycles. The van der Waals surface area contributed by atoms with Gasteiger partial charge in [-0.2, -0.15) is 0 Å². The van der Waals surface area contributed by atoms with Gasteiger partial charge in [-0.25, -0.2) is 4.39 Å². The van der Waals surface area contributed by atoms with E-state index in [4.69, 9.17) is 4.74 Å². The first-order valence-electron chi connectivity index (χ1n) is 8.56. The van der Waals surface area contributed by atoms with Crippen LogP contribution in [0.2, 0.25) is 0 Å². The lowest BCUT2D eigenvalue weighted by Gasteiger charge is -2.43. The van der Waals surface area contributed by atoms with Crippen molar-refractivity contribution in [2.75, 3.05) is 13.7 Å². The molecule has 0 radical (unpaired) electrons. The van der Waals surface area contributed by atoms with Crippen LogP contribution in [0, 0.1) is 11.7 Å². The smallest absolute Gasteiger partial charge is 0.126 e. The Labute approximate surface area is 132 Å². The largest absolute Gasteiger partial charge is 0.493 e. The minimum atomic E-state index is -0.168. The molecule has 2 aliphatic heterocycles. The highest BCUT2D eigenvalue weighted by molar-refractivity contribution is 5.72. The maximum absolute atomic E-state index is 13.8. The van der Waals surface area contributed by atoms with E-state index in [0.717, 1.165) is 24.3 Å².